The van der Waals surface area contributed by atoms with Crippen molar-refractivity contribution >= 4 is 15.7 Å². The van der Waals surface area contributed by atoms with Crippen molar-refractivity contribution in [2.24, 2.45) is 5.92 Å². The first-order valence-electron chi connectivity index (χ1n) is 8.66. The van der Waals surface area contributed by atoms with Crippen molar-refractivity contribution in [2.45, 2.75) is 37.6 Å². The summed E-state index contributed by atoms with van der Waals surface area (Å²) in [4.78, 5) is 14.6. The van der Waals surface area contributed by atoms with E-state index in [9.17, 15) is 18.5 Å². The average Bonchev–Trinajstić information content (AvgIpc) is 3.09. The van der Waals surface area contributed by atoms with E-state index in [-0.39, 0.29) is 10.6 Å². The number of non-ortho nitro benzene ring substituents is 1. The number of sulfonamides is 1. The quantitative estimate of drug-likeness (QED) is 0.568. The second kappa shape index (κ2) is 7.55. The number of rotatable bonds is 6. The van der Waals surface area contributed by atoms with Gasteiger partial charge in [0, 0.05) is 50.6 Å². The molecule has 1 aliphatic heterocycles. The second-order valence-electron chi connectivity index (χ2n) is 6.45. The molecule has 0 spiro atoms. The third-order valence-electron chi connectivity index (χ3n) is 4.83. The fraction of sp³-hybridized carbons (Fsp3) is 0.471. The number of aromatic nitrogens is 2. The van der Waals surface area contributed by atoms with Gasteiger partial charge < -0.3 is 4.57 Å². The maximum absolute atomic E-state index is 12.7. The van der Waals surface area contributed by atoms with Crippen molar-refractivity contribution in [1.82, 2.24) is 13.9 Å². The highest BCUT2D eigenvalue weighted by molar-refractivity contribution is 7.89. The van der Waals surface area contributed by atoms with Crippen LogP contribution in [0.5, 0.6) is 0 Å². The Labute approximate surface area is 152 Å². The Morgan fingerprint density at radius 1 is 1.23 bits per heavy atom. The van der Waals surface area contributed by atoms with E-state index < -0.39 is 14.9 Å². The molecule has 1 fully saturated rings. The van der Waals surface area contributed by atoms with E-state index >= 15 is 0 Å². The van der Waals surface area contributed by atoms with Gasteiger partial charge in [-0.05, 0) is 30.9 Å². The number of imidazole rings is 1. The molecule has 0 N–H and O–H groups in total. The van der Waals surface area contributed by atoms with Crippen molar-refractivity contribution in [1.29, 1.82) is 0 Å². The Bertz CT molecular complexity index is 868. The first-order valence-corrected chi connectivity index (χ1v) is 10.1. The van der Waals surface area contributed by atoms with Crippen molar-refractivity contribution in [2.75, 3.05) is 13.1 Å². The summed E-state index contributed by atoms with van der Waals surface area (Å²) >= 11 is 0. The molecule has 1 aromatic carbocycles. The normalized spacial score (nSPS) is 16.7. The predicted molar refractivity (Wildman–Crippen MR) is 96.2 cm³/mol. The summed E-state index contributed by atoms with van der Waals surface area (Å²) < 4.78 is 29.1. The number of aryl methyl sites for hydroxylation is 1. The number of nitro groups is 1. The van der Waals surface area contributed by atoms with Crippen LogP contribution in [0.2, 0.25) is 0 Å². The van der Waals surface area contributed by atoms with Crippen LogP contribution in [-0.4, -0.2) is 40.3 Å². The number of nitro benzene ring substituents is 1. The van der Waals surface area contributed by atoms with E-state index in [4.69, 9.17) is 0 Å². The summed E-state index contributed by atoms with van der Waals surface area (Å²) in [7, 11) is -3.61. The number of piperidine rings is 1. The summed E-state index contributed by atoms with van der Waals surface area (Å²) in [6.07, 6.45) is 6.22. The van der Waals surface area contributed by atoms with E-state index in [0.29, 0.717) is 19.0 Å². The van der Waals surface area contributed by atoms with Crippen molar-refractivity contribution in [3.05, 3.63) is 52.6 Å². The molecule has 9 heteroatoms. The van der Waals surface area contributed by atoms with E-state index in [1.54, 1.807) is 6.20 Å². The summed E-state index contributed by atoms with van der Waals surface area (Å²) in [6.45, 7) is 3.84. The average molecular weight is 378 g/mol. The molecule has 8 nitrogen and oxygen atoms in total. The lowest BCUT2D eigenvalue weighted by atomic mass is 9.98. The van der Waals surface area contributed by atoms with Crippen LogP contribution in [0.3, 0.4) is 0 Å². The number of hydrogen-bond donors (Lipinski definition) is 0. The zero-order chi connectivity index (χ0) is 18.7. The smallest absolute Gasteiger partial charge is 0.269 e. The minimum atomic E-state index is -3.61. The molecule has 0 unspecified atom stereocenters. The third-order valence-corrected chi connectivity index (χ3v) is 6.74. The van der Waals surface area contributed by atoms with Crippen LogP contribution in [-0.2, 0) is 23.0 Å². The van der Waals surface area contributed by atoms with Crippen LogP contribution in [0.15, 0.2) is 41.6 Å². The van der Waals surface area contributed by atoms with Gasteiger partial charge in [0.2, 0.25) is 10.0 Å². The van der Waals surface area contributed by atoms with Crippen LogP contribution in [0.1, 0.15) is 25.6 Å². The minimum absolute atomic E-state index is 0.101. The van der Waals surface area contributed by atoms with Gasteiger partial charge in [-0.25, -0.2) is 13.4 Å². The van der Waals surface area contributed by atoms with Gasteiger partial charge in [0.1, 0.15) is 5.82 Å². The molecule has 1 saturated heterocycles. The fourth-order valence-corrected chi connectivity index (χ4v) is 4.79. The molecule has 0 bridgehead atoms. The first-order chi connectivity index (χ1) is 12.4. The zero-order valence-electron chi connectivity index (χ0n) is 14.6. The van der Waals surface area contributed by atoms with E-state index in [0.717, 1.165) is 31.6 Å². The van der Waals surface area contributed by atoms with Gasteiger partial charge in [0.05, 0.1) is 9.82 Å². The molecule has 1 aliphatic rings. The molecular weight excluding hydrogens is 356 g/mol. The highest BCUT2D eigenvalue weighted by atomic mass is 32.2. The van der Waals surface area contributed by atoms with Gasteiger partial charge in [-0.3, -0.25) is 10.1 Å². The summed E-state index contributed by atoms with van der Waals surface area (Å²) in [6, 6.07) is 5.06. The number of nitrogens with zero attached hydrogens (tertiary/aromatic N) is 4. The largest absolute Gasteiger partial charge is 0.335 e. The summed E-state index contributed by atoms with van der Waals surface area (Å²) in [5, 5.41) is 10.7. The Kier molecular flexibility index (Phi) is 5.38. The molecule has 2 heterocycles. The maximum atomic E-state index is 12.7. The lowest BCUT2D eigenvalue weighted by Gasteiger charge is -2.31. The Balaban J connectivity index is 1.64. The molecule has 0 radical (unpaired) electrons. The highest BCUT2D eigenvalue weighted by Crippen LogP contribution is 2.26. The zero-order valence-corrected chi connectivity index (χ0v) is 15.4. The van der Waals surface area contributed by atoms with Gasteiger partial charge in [-0.2, -0.15) is 4.31 Å². The topological polar surface area (TPSA) is 98.3 Å². The maximum Gasteiger partial charge on any atom is 0.269 e. The fourth-order valence-electron chi connectivity index (χ4n) is 3.32. The number of hydrogen-bond acceptors (Lipinski definition) is 5. The molecule has 0 atom stereocenters. The summed E-state index contributed by atoms with van der Waals surface area (Å²) in [5.74, 6) is 1.46. The van der Waals surface area contributed by atoms with E-state index in [1.165, 1.54) is 28.6 Å². The molecular formula is C17H22N4O4S. The molecule has 140 valence electrons. The van der Waals surface area contributed by atoms with Crippen molar-refractivity contribution in [3.63, 3.8) is 0 Å². The Morgan fingerprint density at radius 2 is 1.88 bits per heavy atom. The SMILES string of the molecule is CCc1nccn1CC1CCN(S(=O)(=O)c2ccc([N+](=O)[O-])cc2)CC1. The van der Waals surface area contributed by atoms with E-state index in [1.807, 2.05) is 6.20 Å². The third kappa shape index (κ3) is 3.78. The molecule has 3 rings (SSSR count). The minimum Gasteiger partial charge on any atom is -0.335 e. The van der Waals surface area contributed by atoms with E-state index in [2.05, 4.69) is 16.5 Å². The lowest BCUT2D eigenvalue weighted by molar-refractivity contribution is -0.384. The molecule has 0 aliphatic carbocycles. The predicted octanol–water partition coefficient (Wildman–Crippen LogP) is 2.45. The number of benzene rings is 1. The molecule has 26 heavy (non-hydrogen) atoms. The first kappa shape index (κ1) is 18.5. The van der Waals surface area contributed by atoms with Crippen LogP contribution < -0.4 is 0 Å². The Morgan fingerprint density at radius 3 is 2.46 bits per heavy atom. The monoisotopic (exact) mass is 378 g/mol. The lowest BCUT2D eigenvalue weighted by Crippen LogP contribution is -2.39. The molecule has 0 saturated carbocycles. The van der Waals surface area contributed by atoms with Crippen LogP contribution in [0, 0.1) is 16.0 Å². The molecule has 0 amide bonds. The van der Waals surface area contributed by atoms with Crippen molar-refractivity contribution < 1.29 is 13.3 Å². The van der Waals surface area contributed by atoms with Gasteiger partial charge >= 0.3 is 0 Å². The van der Waals surface area contributed by atoms with Crippen LogP contribution in [0.4, 0.5) is 5.69 Å². The van der Waals surface area contributed by atoms with Crippen LogP contribution in [0.25, 0.3) is 0 Å². The molecule has 2 aromatic rings. The standard InChI is InChI=1S/C17H22N4O4S/c1-2-17-18-9-12-19(17)13-14-7-10-20(11-8-14)26(24,25)16-5-3-15(4-6-16)21(22)23/h3-6,9,12,14H,2,7-8,10-11,13H2,1H3. The van der Waals surface area contributed by atoms with Crippen LogP contribution >= 0.6 is 0 Å². The summed E-state index contributed by atoms with van der Waals surface area (Å²) in [5.41, 5.74) is -0.116. The second-order valence-corrected chi connectivity index (χ2v) is 8.39. The Hall–Kier alpha value is -2.26. The van der Waals surface area contributed by atoms with Crippen molar-refractivity contribution in [3.8, 4) is 0 Å². The van der Waals surface area contributed by atoms with Gasteiger partial charge in [-0.1, -0.05) is 6.92 Å². The molecule has 1 aromatic heterocycles. The highest BCUT2D eigenvalue weighted by Gasteiger charge is 2.30. The van der Waals surface area contributed by atoms with Gasteiger partial charge in [0.15, 0.2) is 0 Å². The van der Waals surface area contributed by atoms with Gasteiger partial charge in [0.25, 0.3) is 5.69 Å². The van der Waals surface area contributed by atoms with Gasteiger partial charge in [-0.15, -0.1) is 0 Å².